The average molecular weight is 438 g/mol. The van der Waals surface area contributed by atoms with Crippen molar-refractivity contribution in [3.63, 3.8) is 0 Å². The number of piperidine rings is 1. The van der Waals surface area contributed by atoms with E-state index in [0.29, 0.717) is 29.2 Å². The Bertz CT molecular complexity index is 1040. The predicted octanol–water partition coefficient (Wildman–Crippen LogP) is 4.20. The quantitative estimate of drug-likeness (QED) is 0.518. The fourth-order valence-corrected chi connectivity index (χ4v) is 4.24. The number of rotatable bonds is 7. The van der Waals surface area contributed by atoms with Crippen molar-refractivity contribution >= 4 is 17.4 Å². The summed E-state index contributed by atoms with van der Waals surface area (Å²) in [6.07, 6.45) is 3.69. The van der Waals surface area contributed by atoms with Crippen molar-refractivity contribution < 1.29 is 4.79 Å². The molecule has 7 heteroatoms. The van der Waals surface area contributed by atoms with Crippen LogP contribution in [0, 0.1) is 0 Å². The van der Waals surface area contributed by atoms with Gasteiger partial charge in [0.25, 0.3) is 0 Å². The van der Waals surface area contributed by atoms with Crippen LogP contribution in [0.15, 0.2) is 48.5 Å². The van der Waals surface area contributed by atoms with Crippen LogP contribution in [0.1, 0.15) is 46.8 Å². The molecule has 0 saturated carbocycles. The van der Waals surface area contributed by atoms with E-state index in [1.807, 2.05) is 61.1 Å². The van der Waals surface area contributed by atoms with E-state index in [4.69, 9.17) is 11.6 Å². The number of benzene rings is 2. The molecule has 0 radical (unpaired) electrons. The summed E-state index contributed by atoms with van der Waals surface area (Å²) in [5, 5.41) is 9.56. The van der Waals surface area contributed by atoms with E-state index >= 15 is 0 Å². The van der Waals surface area contributed by atoms with Crippen molar-refractivity contribution in [3.05, 3.63) is 76.3 Å². The van der Waals surface area contributed by atoms with Gasteiger partial charge in [0.15, 0.2) is 17.4 Å². The van der Waals surface area contributed by atoms with E-state index in [-0.39, 0.29) is 5.78 Å². The molecule has 1 saturated heterocycles. The summed E-state index contributed by atoms with van der Waals surface area (Å²) >= 11 is 6.32. The zero-order chi connectivity index (χ0) is 21.8. The Hall–Kier alpha value is -2.54. The molecular formula is C24H28ClN5O. The molecule has 0 atom stereocenters. The Morgan fingerprint density at radius 1 is 1.00 bits per heavy atom. The second-order valence-corrected chi connectivity index (χ2v) is 8.74. The number of aromatic nitrogens is 3. The molecule has 6 nitrogen and oxygen atoms in total. The molecule has 0 amide bonds. The van der Waals surface area contributed by atoms with Gasteiger partial charge in [-0.05, 0) is 58.2 Å². The molecule has 1 aliphatic rings. The van der Waals surface area contributed by atoms with Crippen molar-refractivity contribution in [2.45, 2.75) is 32.4 Å². The fourth-order valence-electron chi connectivity index (χ4n) is 4.07. The highest BCUT2D eigenvalue weighted by Crippen LogP contribution is 2.26. The Morgan fingerprint density at radius 3 is 2.42 bits per heavy atom. The van der Waals surface area contributed by atoms with Gasteiger partial charge in [0.1, 0.15) is 0 Å². The van der Waals surface area contributed by atoms with Gasteiger partial charge in [0.2, 0.25) is 0 Å². The Labute approximate surface area is 188 Å². The second-order valence-electron chi connectivity index (χ2n) is 8.30. The molecular weight excluding hydrogens is 410 g/mol. The molecule has 0 unspecified atom stereocenters. The first-order valence-electron chi connectivity index (χ1n) is 10.7. The van der Waals surface area contributed by atoms with Gasteiger partial charge in [0.05, 0.1) is 18.8 Å². The Balaban J connectivity index is 1.80. The zero-order valence-electron chi connectivity index (χ0n) is 18.1. The van der Waals surface area contributed by atoms with Crippen LogP contribution in [-0.4, -0.2) is 57.5 Å². The second kappa shape index (κ2) is 9.73. The number of likely N-dealkylation sites (tertiary alicyclic amines) is 1. The van der Waals surface area contributed by atoms with Crippen molar-refractivity contribution in [1.29, 1.82) is 0 Å². The lowest BCUT2D eigenvalue weighted by Gasteiger charge is -2.26. The number of hydrogen-bond acceptors (Lipinski definition) is 5. The van der Waals surface area contributed by atoms with E-state index in [1.54, 1.807) is 6.07 Å². The molecule has 2 aromatic carbocycles. The lowest BCUT2D eigenvalue weighted by Crippen LogP contribution is -2.30. The van der Waals surface area contributed by atoms with Crippen LogP contribution in [0.4, 0.5) is 0 Å². The van der Waals surface area contributed by atoms with Crippen LogP contribution in [0.2, 0.25) is 5.02 Å². The number of carbonyl (C=O) groups excluding carboxylic acids is 1. The molecule has 1 aromatic heterocycles. The summed E-state index contributed by atoms with van der Waals surface area (Å²) in [5.74, 6) is 1.59. The van der Waals surface area contributed by atoms with Gasteiger partial charge in [-0.15, -0.1) is 10.2 Å². The minimum Gasteiger partial charge on any atom is -0.302 e. The summed E-state index contributed by atoms with van der Waals surface area (Å²) in [7, 11) is 4.00. The Morgan fingerprint density at radius 2 is 1.71 bits per heavy atom. The highest BCUT2D eigenvalue weighted by molar-refractivity contribution is 6.31. The van der Waals surface area contributed by atoms with E-state index in [1.165, 1.54) is 19.3 Å². The van der Waals surface area contributed by atoms with Gasteiger partial charge in [-0.3, -0.25) is 14.3 Å². The molecule has 1 aliphatic heterocycles. The van der Waals surface area contributed by atoms with Crippen molar-refractivity contribution in [1.82, 2.24) is 24.6 Å². The fraction of sp³-hybridized carbons (Fsp3) is 0.375. The molecule has 4 rings (SSSR count). The largest absolute Gasteiger partial charge is 0.302 e. The van der Waals surface area contributed by atoms with Crippen LogP contribution in [-0.2, 0) is 13.1 Å². The molecule has 0 spiro atoms. The number of ketones is 1. The van der Waals surface area contributed by atoms with Gasteiger partial charge in [0, 0.05) is 16.1 Å². The first-order chi connectivity index (χ1) is 15.0. The molecule has 162 valence electrons. The van der Waals surface area contributed by atoms with Gasteiger partial charge in [-0.1, -0.05) is 48.4 Å². The smallest absolute Gasteiger partial charge is 0.195 e. The minimum atomic E-state index is -0.0634. The van der Waals surface area contributed by atoms with Gasteiger partial charge in [-0.2, -0.15) is 0 Å². The minimum absolute atomic E-state index is 0.0634. The summed E-state index contributed by atoms with van der Waals surface area (Å²) in [5.41, 5.74) is 1.95. The maximum Gasteiger partial charge on any atom is 0.195 e. The van der Waals surface area contributed by atoms with Crippen molar-refractivity contribution in [2.75, 3.05) is 27.2 Å². The van der Waals surface area contributed by atoms with Gasteiger partial charge >= 0.3 is 0 Å². The summed E-state index contributed by atoms with van der Waals surface area (Å²) in [4.78, 5) is 17.9. The van der Waals surface area contributed by atoms with Crippen LogP contribution in [0.5, 0.6) is 0 Å². The number of carbonyl (C=O) groups is 1. The highest BCUT2D eigenvalue weighted by Gasteiger charge is 2.23. The molecule has 31 heavy (non-hydrogen) atoms. The van der Waals surface area contributed by atoms with Gasteiger partial charge in [-0.25, -0.2) is 0 Å². The predicted molar refractivity (Wildman–Crippen MR) is 123 cm³/mol. The first kappa shape index (κ1) is 21.7. The molecule has 2 heterocycles. The topological polar surface area (TPSA) is 54.3 Å². The van der Waals surface area contributed by atoms with E-state index < -0.39 is 0 Å². The van der Waals surface area contributed by atoms with Crippen LogP contribution in [0.25, 0.3) is 5.69 Å². The number of hydrogen-bond donors (Lipinski definition) is 0. The van der Waals surface area contributed by atoms with Crippen molar-refractivity contribution in [3.8, 4) is 5.69 Å². The monoisotopic (exact) mass is 437 g/mol. The highest BCUT2D eigenvalue weighted by atomic mass is 35.5. The maximum absolute atomic E-state index is 13.4. The number of halogens is 1. The lowest BCUT2D eigenvalue weighted by molar-refractivity contribution is 0.103. The third kappa shape index (κ3) is 5.03. The van der Waals surface area contributed by atoms with E-state index in [0.717, 1.165) is 30.4 Å². The third-order valence-electron chi connectivity index (χ3n) is 5.55. The molecule has 0 aliphatic carbocycles. The SMILES string of the molecule is CN(C)Cc1nnc(CN2CCCCC2)n1-c1ccc(Cl)cc1C(=O)c1ccccc1. The van der Waals surface area contributed by atoms with Crippen molar-refractivity contribution in [2.24, 2.45) is 0 Å². The standard InChI is InChI=1S/C24H28ClN5O/c1-28(2)16-22-26-27-23(17-29-13-7-4-8-14-29)30(22)21-12-11-19(25)15-20(21)24(31)18-9-5-3-6-10-18/h3,5-6,9-12,15H,4,7-8,13-14,16-17H2,1-2H3. The van der Waals surface area contributed by atoms with Crippen LogP contribution >= 0.6 is 11.6 Å². The third-order valence-corrected chi connectivity index (χ3v) is 5.78. The zero-order valence-corrected chi connectivity index (χ0v) is 18.8. The molecule has 3 aromatic rings. The average Bonchev–Trinajstić information content (AvgIpc) is 3.15. The lowest BCUT2D eigenvalue weighted by atomic mass is 10.0. The summed E-state index contributed by atoms with van der Waals surface area (Å²) < 4.78 is 2.04. The van der Waals surface area contributed by atoms with E-state index in [9.17, 15) is 4.79 Å². The normalized spacial score (nSPS) is 14.8. The molecule has 0 N–H and O–H groups in total. The molecule has 1 fully saturated rings. The summed E-state index contributed by atoms with van der Waals surface area (Å²) in [6.45, 7) is 3.45. The first-order valence-corrected chi connectivity index (χ1v) is 11.1. The van der Waals surface area contributed by atoms with Crippen LogP contribution in [0.3, 0.4) is 0 Å². The van der Waals surface area contributed by atoms with Crippen LogP contribution < -0.4 is 0 Å². The maximum atomic E-state index is 13.4. The molecule has 0 bridgehead atoms. The number of nitrogens with zero attached hydrogens (tertiary/aromatic N) is 5. The van der Waals surface area contributed by atoms with Gasteiger partial charge < -0.3 is 4.90 Å². The summed E-state index contributed by atoms with van der Waals surface area (Å²) in [6, 6.07) is 14.8. The Kier molecular flexibility index (Phi) is 6.80. The van der Waals surface area contributed by atoms with E-state index in [2.05, 4.69) is 20.0 Å².